The number of rotatable bonds is 19. The number of carbonyl (C=O) groups excluding carboxylic acids is 2. The van der Waals surface area contributed by atoms with Crippen LogP contribution >= 0.6 is 0 Å². The predicted octanol–water partition coefficient (Wildman–Crippen LogP) is 3.94. The molecule has 5 heterocycles. The van der Waals surface area contributed by atoms with Crippen molar-refractivity contribution in [1.82, 2.24) is 0 Å². The largest absolute Gasteiger partial charge is 0.458 e. The van der Waals surface area contributed by atoms with Crippen LogP contribution in [0.5, 0.6) is 0 Å². The Balaban J connectivity index is 0.718. The van der Waals surface area contributed by atoms with Gasteiger partial charge in [-0.1, -0.05) is 55.8 Å². The average Bonchev–Trinajstić information content (AvgIpc) is 1.64. The van der Waals surface area contributed by atoms with Crippen LogP contribution in [0.1, 0.15) is 125 Å². The highest BCUT2D eigenvalue weighted by Gasteiger charge is 2.77. The lowest BCUT2D eigenvalue weighted by Gasteiger charge is -2.66. The minimum atomic E-state index is -1.70. The normalized spacial score (nSPS) is 48.4. The summed E-state index contributed by atoms with van der Waals surface area (Å²) in [6.07, 6.45) is -8.26. The lowest BCUT2D eigenvalue weighted by molar-refractivity contribution is -0.358. The van der Waals surface area contributed by atoms with Crippen LogP contribution in [-0.4, -0.2) is 230 Å². The first-order valence-corrected chi connectivity index (χ1v) is 31.3. The summed E-state index contributed by atoms with van der Waals surface area (Å²) in [6, 6.07) is 9.44. The second kappa shape index (κ2) is 27.3. The van der Waals surface area contributed by atoms with Crippen LogP contribution < -0.4 is 0 Å². The van der Waals surface area contributed by atoms with E-state index in [0.717, 1.165) is 11.1 Å². The van der Waals surface area contributed by atoms with Crippen molar-refractivity contribution in [3.05, 3.63) is 53.6 Å². The van der Waals surface area contributed by atoms with Gasteiger partial charge in [0.15, 0.2) is 31.5 Å². The number of Topliss-reactive ketones (excluding diaryl/α,β-unsaturated/α-hetero) is 1. The van der Waals surface area contributed by atoms with Crippen LogP contribution in [0.4, 0.5) is 0 Å². The molecule has 6 N–H and O–H groups in total. The van der Waals surface area contributed by atoms with E-state index < -0.39 is 182 Å². The van der Waals surface area contributed by atoms with Gasteiger partial charge in [0.2, 0.25) is 0 Å². The molecule has 4 aliphatic carbocycles. The lowest BCUT2D eigenvalue weighted by atomic mass is 9.43. The Bertz CT molecular complexity index is 2540. The topological polar surface area (TPSA) is 294 Å². The summed E-state index contributed by atoms with van der Waals surface area (Å²) >= 11 is 0. The molecule has 0 aromatic heterocycles. The Morgan fingerprint density at radius 3 is 1.61 bits per heavy atom. The zero-order valence-electron chi connectivity index (χ0n) is 52.2. The van der Waals surface area contributed by atoms with Crippen molar-refractivity contribution in [1.29, 1.82) is 0 Å². The Labute approximate surface area is 510 Å². The molecule has 87 heavy (non-hydrogen) atoms. The van der Waals surface area contributed by atoms with Gasteiger partial charge in [0.05, 0.1) is 61.5 Å². The highest BCUT2D eigenvalue weighted by molar-refractivity contribution is 5.87. The Kier molecular flexibility index (Phi) is 21.0. The first-order chi connectivity index (χ1) is 41.4. The molecule has 0 amide bonds. The summed E-state index contributed by atoms with van der Waals surface area (Å²) in [5.41, 5.74) is -3.11. The second-order valence-electron chi connectivity index (χ2n) is 26.3. The third kappa shape index (κ3) is 12.8. The molecule has 0 radical (unpaired) electrons. The zero-order valence-corrected chi connectivity index (χ0v) is 52.2. The maximum atomic E-state index is 13.6. The number of benzene rings is 1. The van der Waals surface area contributed by atoms with Crippen LogP contribution in [0.2, 0.25) is 0 Å². The molecular formula is C64H96O23. The van der Waals surface area contributed by atoms with Gasteiger partial charge in [0.1, 0.15) is 71.9 Å². The highest BCUT2D eigenvalue weighted by atomic mass is 16.8. The number of aliphatic hydroxyl groups is 6. The van der Waals surface area contributed by atoms with E-state index in [9.17, 15) is 40.2 Å². The minimum Gasteiger partial charge on any atom is -0.458 e. The Morgan fingerprint density at radius 1 is 0.632 bits per heavy atom. The van der Waals surface area contributed by atoms with Crippen LogP contribution in [0.25, 0.3) is 6.08 Å². The number of fused-ring (bicyclic) bond motifs is 5. The molecule has 3 saturated carbocycles. The van der Waals surface area contributed by atoms with E-state index in [1.807, 2.05) is 58.0 Å². The molecule has 1 aromatic rings. The van der Waals surface area contributed by atoms with E-state index >= 15 is 0 Å². The smallest absolute Gasteiger partial charge is 0.331 e. The van der Waals surface area contributed by atoms with Gasteiger partial charge in [0.25, 0.3) is 0 Å². The van der Waals surface area contributed by atoms with E-state index in [1.54, 1.807) is 34.3 Å². The monoisotopic (exact) mass is 1230 g/mol. The Hall–Kier alpha value is -2.96. The Morgan fingerprint density at radius 2 is 1.13 bits per heavy atom. The van der Waals surface area contributed by atoms with Crippen molar-refractivity contribution < 1.29 is 111 Å². The molecular weight excluding hydrogens is 1140 g/mol. The number of carbonyl (C=O) groups is 2. The number of aliphatic hydroxyl groups excluding tert-OH is 4. The fraction of sp³-hybridized carbons (Fsp3) is 0.812. The van der Waals surface area contributed by atoms with Crippen LogP contribution in [0.15, 0.2) is 48.1 Å². The molecule has 0 bridgehead atoms. The van der Waals surface area contributed by atoms with E-state index in [2.05, 4.69) is 13.0 Å². The molecule has 0 unspecified atom stereocenters. The fourth-order valence-corrected chi connectivity index (χ4v) is 16.6. The van der Waals surface area contributed by atoms with E-state index in [0.29, 0.717) is 44.9 Å². The molecule has 5 saturated heterocycles. The summed E-state index contributed by atoms with van der Waals surface area (Å²) in [5.74, 6) is -1.74. The van der Waals surface area contributed by atoms with Crippen molar-refractivity contribution in [2.24, 2.45) is 22.7 Å². The number of hydrogen-bond acceptors (Lipinski definition) is 23. The van der Waals surface area contributed by atoms with Crippen LogP contribution in [-0.2, 0) is 80.6 Å². The molecule has 1 aromatic carbocycles. The van der Waals surface area contributed by atoms with E-state index in [-0.39, 0.29) is 37.6 Å². The molecule has 23 heteroatoms. The first kappa shape index (κ1) is 66.9. The molecule has 29 atom stereocenters. The molecule has 8 fully saturated rings. The van der Waals surface area contributed by atoms with Crippen molar-refractivity contribution in [2.75, 3.05) is 35.0 Å². The molecule has 23 nitrogen and oxygen atoms in total. The summed E-state index contributed by atoms with van der Waals surface area (Å²) in [6.45, 7) is 12.4. The number of methoxy groups -OCH3 is 4. The quantitative estimate of drug-likeness (QED) is 0.0649. The summed E-state index contributed by atoms with van der Waals surface area (Å²) < 4.78 is 94.5. The number of ether oxygens (including phenoxy) is 15. The van der Waals surface area contributed by atoms with Gasteiger partial charge in [-0.2, -0.15) is 0 Å². The maximum Gasteiger partial charge on any atom is 0.331 e. The van der Waals surface area contributed by atoms with Crippen LogP contribution in [0, 0.1) is 22.7 Å². The minimum absolute atomic E-state index is 0.0982. The third-order valence-electron chi connectivity index (χ3n) is 21.5. The SMILES string of the molecule is CO[C@H]1C[C@H](O[C@H]2CC[C@@]3(C)C(=CC[C@]4(O)[C@@H]3C[C@@H](OC(=O)C=Cc3ccccc3)[C@]3(C)[C@H](C(C)=O)CC[C@@]34O)C2)O[C@H](C)[C@H]1O[C@H]1C[C@@H](OC)[C@H](O[C@H]2C[C@@H](OC)[C@H](O[C@H]3C[C@@H](OC)[C@H](O[C@@H]4O[C@H](CO)[C@@H](O)[C@H](O)[C@H]4O)[C@@H](C)O3)[C@@H](C)O2)[C@@H](C)O1. The van der Waals surface area contributed by atoms with Crippen molar-refractivity contribution >= 4 is 17.8 Å². The highest BCUT2D eigenvalue weighted by Crippen LogP contribution is 2.70. The van der Waals surface area contributed by atoms with Gasteiger partial charge in [-0.3, -0.25) is 4.79 Å². The summed E-state index contributed by atoms with van der Waals surface area (Å²) in [7, 11) is 6.38. The van der Waals surface area contributed by atoms with Crippen molar-refractivity contribution in [3.8, 4) is 0 Å². The van der Waals surface area contributed by atoms with Gasteiger partial charge in [-0.05, 0) is 96.6 Å². The molecule has 5 aliphatic heterocycles. The number of hydrogen-bond donors (Lipinski definition) is 6. The van der Waals surface area contributed by atoms with Gasteiger partial charge < -0.3 is 102 Å². The van der Waals surface area contributed by atoms with Crippen molar-refractivity contribution in [2.45, 2.75) is 272 Å². The molecule has 9 aliphatic rings. The number of esters is 1. The molecule has 0 spiro atoms. The average molecular weight is 1230 g/mol. The lowest BCUT2D eigenvalue weighted by Crippen LogP contribution is -2.75. The van der Waals surface area contributed by atoms with Gasteiger partial charge >= 0.3 is 5.97 Å². The van der Waals surface area contributed by atoms with E-state index in [1.165, 1.54) is 20.1 Å². The second-order valence-corrected chi connectivity index (χ2v) is 26.3. The molecule has 10 rings (SSSR count). The van der Waals surface area contributed by atoms with Gasteiger partial charge in [-0.15, -0.1) is 0 Å². The standard InChI is InChI=1S/C64H96O23/c1-32(66)40-21-24-64(72)62(40,7)47(83-48(67)18-17-37-15-13-12-14-16-37)30-46-61(6)22-20-39(25-38(61)19-23-63(46,64)71)81-49-26-41(73-8)56(33(2)77-49)84-50-27-42(74-9)57(34(3)78-50)85-51-28-43(75-10)58(35(4)79-51)86-52-29-44(76-11)59(36(5)80-52)87-60-55(70)54(69)53(68)45(31-65)82-60/h12-19,33-36,39-47,49-60,65,68-72H,20-31H2,1-11H3/t33-,34-,35-,36-,39+,40+,41+,42-,43-,44-,45-,46-,47-,49+,50+,51+,52+,53-,54+,55-,56-,57-,58-,59-,60+,61+,62+,63+,64-/m1/s1. The van der Waals surface area contributed by atoms with Crippen molar-refractivity contribution in [3.63, 3.8) is 0 Å². The van der Waals surface area contributed by atoms with Gasteiger partial charge in [0, 0.05) is 77.4 Å². The van der Waals surface area contributed by atoms with Gasteiger partial charge in [-0.25, -0.2) is 4.79 Å². The third-order valence-corrected chi connectivity index (χ3v) is 21.5. The van der Waals surface area contributed by atoms with E-state index in [4.69, 9.17) is 71.1 Å². The number of ketones is 1. The predicted molar refractivity (Wildman–Crippen MR) is 307 cm³/mol. The first-order valence-electron chi connectivity index (χ1n) is 31.3. The van der Waals surface area contributed by atoms with Crippen LogP contribution in [0.3, 0.4) is 0 Å². The summed E-state index contributed by atoms with van der Waals surface area (Å²) in [4.78, 5) is 26.9. The fourth-order valence-electron chi connectivity index (χ4n) is 16.6. The summed E-state index contributed by atoms with van der Waals surface area (Å²) in [5, 5.41) is 66.9. The molecule has 490 valence electrons. The maximum absolute atomic E-state index is 13.6. The zero-order chi connectivity index (χ0) is 62.5.